The van der Waals surface area contributed by atoms with E-state index in [-0.39, 0.29) is 0 Å². The van der Waals surface area contributed by atoms with Gasteiger partial charge in [-0.3, -0.25) is 0 Å². The van der Waals surface area contributed by atoms with Gasteiger partial charge in [0.1, 0.15) is 16.5 Å². The third-order valence-corrected chi connectivity index (χ3v) is 5.58. The van der Waals surface area contributed by atoms with Crippen LogP contribution in [0.4, 0.5) is 19.0 Å². The fraction of sp³-hybridized carbons (Fsp3) is 0.316. The molecule has 6 nitrogen and oxygen atoms in total. The molecule has 1 N–H and O–H groups in total. The van der Waals surface area contributed by atoms with E-state index in [0.717, 1.165) is 47.3 Å². The minimum atomic E-state index is -4.41. The molecule has 0 bridgehead atoms. The van der Waals surface area contributed by atoms with E-state index >= 15 is 0 Å². The maximum absolute atomic E-state index is 13.1. The number of nitrogens with one attached hydrogen (secondary N) is 1. The highest BCUT2D eigenvalue weighted by molar-refractivity contribution is 7.99. The number of alkyl halides is 3. The Hall–Kier alpha value is -2.75. The summed E-state index contributed by atoms with van der Waals surface area (Å²) in [4.78, 5) is 9.04. The summed E-state index contributed by atoms with van der Waals surface area (Å²) < 4.78 is 42.3. The van der Waals surface area contributed by atoms with E-state index in [1.165, 1.54) is 10.5 Å². The lowest BCUT2D eigenvalue weighted by atomic mass is 10.2. The highest BCUT2D eigenvalue weighted by atomic mass is 32.2. The number of anilines is 1. The predicted octanol–water partition coefficient (Wildman–Crippen LogP) is 4.75. The van der Waals surface area contributed by atoms with Crippen LogP contribution in [0.5, 0.6) is 0 Å². The van der Waals surface area contributed by atoms with E-state index in [4.69, 9.17) is 5.10 Å². The van der Waals surface area contributed by atoms with Gasteiger partial charge in [0.25, 0.3) is 0 Å². The Morgan fingerprint density at radius 2 is 2.03 bits per heavy atom. The van der Waals surface area contributed by atoms with E-state index in [9.17, 15) is 13.2 Å². The molecule has 5 rings (SSSR count). The van der Waals surface area contributed by atoms with Crippen molar-refractivity contribution in [1.82, 2.24) is 24.0 Å². The summed E-state index contributed by atoms with van der Waals surface area (Å²) in [6, 6.07) is 4.74. The molecule has 29 heavy (non-hydrogen) atoms. The normalized spacial score (nSPS) is 14.8. The SMILES string of the molecule is CCSc1nn2c(NC3CC3)ccnc2c1-c1cn2cc(C(F)(F)F)ccc2n1. The number of hydrogen-bond acceptors (Lipinski definition) is 5. The van der Waals surface area contributed by atoms with Crippen molar-refractivity contribution in [2.45, 2.75) is 37.0 Å². The summed E-state index contributed by atoms with van der Waals surface area (Å²) in [5, 5.41) is 8.91. The van der Waals surface area contributed by atoms with Gasteiger partial charge in [-0.2, -0.15) is 22.8 Å². The Balaban J connectivity index is 1.67. The van der Waals surface area contributed by atoms with Crippen LogP contribution in [0.25, 0.3) is 22.6 Å². The predicted molar refractivity (Wildman–Crippen MR) is 105 cm³/mol. The van der Waals surface area contributed by atoms with Crippen molar-refractivity contribution in [1.29, 1.82) is 0 Å². The largest absolute Gasteiger partial charge is 0.417 e. The van der Waals surface area contributed by atoms with E-state index in [2.05, 4.69) is 15.3 Å². The van der Waals surface area contributed by atoms with Crippen LogP contribution < -0.4 is 5.32 Å². The van der Waals surface area contributed by atoms with Crippen LogP contribution in [0.3, 0.4) is 0 Å². The molecule has 150 valence electrons. The zero-order chi connectivity index (χ0) is 20.2. The Labute approximate surface area is 168 Å². The molecular weight excluding hydrogens is 401 g/mol. The first kappa shape index (κ1) is 18.3. The zero-order valence-electron chi connectivity index (χ0n) is 15.4. The average Bonchev–Trinajstić information content (AvgIpc) is 3.26. The lowest BCUT2D eigenvalue weighted by Crippen LogP contribution is -2.07. The Morgan fingerprint density at radius 1 is 1.21 bits per heavy atom. The van der Waals surface area contributed by atoms with E-state index in [1.54, 1.807) is 28.7 Å². The van der Waals surface area contributed by atoms with Gasteiger partial charge in [0.15, 0.2) is 5.65 Å². The average molecular weight is 418 g/mol. The summed E-state index contributed by atoms with van der Waals surface area (Å²) in [7, 11) is 0. The standard InChI is InChI=1S/C19H17F3N6S/c1-2-29-18-16(17-23-8-7-15(28(17)26-18)24-12-4-5-12)13-10-27-9-11(19(20,21)22)3-6-14(27)25-13/h3,6-10,12,24H,2,4-5H2,1H3. The molecule has 0 unspecified atom stereocenters. The molecule has 0 saturated heterocycles. The molecule has 0 amide bonds. The van der Waals surface area contributed by atoms with Crippen LogP contribution in [0.1, 0.15) is 25.3 Å². The summed E-state index contributed by atoms with van der Waals surface area (Å²) in [6.45, 7) is 2.02. The van der Waals surface area contributed by atoms with Gasteiger partial charge in [0.05, 0.1) is 16.8 Å². The summed E-state index contributed by atoms with van der Waals surface area (Å²) in [5.74, 6) is 1.65. The highest BCUT2D eigenvalue weighted by Gasteiger charge is 2.31. The first-order valence-electron chi connectivity index (χ1n) is 9.27. The van der Waals surface area contributed by atoms with Crippen molar-refractivity contribution in [2.75, 3.05) is 11.1 Å². The van der Waals surface area contributed by atoms with Gasteiger partial charge in [0.2, 0.25) is 0 Å². The van der Waals surface area contributed by atoms with E-state index in [1.807, 2.05) is 13.0 Å². The van der Waals surface area contributed by atoms with Gasteiger partial charge in [-0.25, -0.2) is 9.97 Å². The van der Waals surface area contributed by atoms with Crippen LogP contribution in [-0.2, 0) is 6.18 Å². The van der Waals surface area contributed by atoms with Gasteiger partial charge in [-0.15, -0.1) is 11.8 Å². The van der Waals surface area contributed by atoms with Crippen molar-refractivity contribution in [3.63, 3.8) is 0 Å². The number of imidazole rings is 1. The van der Waals surface area contributed by atoms with Crippen molar-refractivity contribution >= 4 is 28.9 Å². The molecule has 0 aliphatic heterocycles. The van der Waals surface area contributed by atoms with E-state index < -0.39 is 11.7 Å². The van der Waals surface area contributed by atoms with Crippen LogP contribution in [0, 0.1) is 0 Å². The zero-order valence-corrected chi connectivity index (χ0v) is 16.3. The smallest absolute Gasteiger partial charge is 0.367 e. The van der Waals surface area contributed by atoms with Crippen LogP contribution >= 0.6 is 11.8 Å². The van der Waals surface area contributed by atoms with Gasteiger partial charge >= 0.3 is 6.18 Å². The number of halogens is 3. The monoisotopic (exact) mass is 418 g/mol. The third kappa shape index (κ3) is 3.31. The molecular formula is C19H17F3N6S. The lowest BCUT2D eigenvalue weighted by molar-refractivity contribution is -0.137. The molecule has 0 radical (unpaired) electrons. The van der Waals surface area contributed by atoms with Gasteiger partial charge in [-0.05, 0) is 36.8 Å². The Bertz CT molecular complexity index is 1210. The number of thioether (sulfide) groups is 1. The Morgan fingerprint density at radius 3 is 2.76 bits per heavy atom. The van der Waals surface area contributed by atoms with Crippen LogP contribution in [-0.4, -0.2) is 35.8 Å². The minimum Gasteiger partial charge on any atom is -0.367 e. The first-order valence-corrected chi connectivity index (χ1v) is 10.3. The van der Waals surface area contributed by atoms with Crippen LogP contribution in [0.15, 0.2) is 41.8 Å². The number of aromatic nitrogens is 5. The number of pyridine rings is 1. The molecule has 0 atom stereocenters. The molecule has 1 aliphatic rings. The number of rotatable bonds is 5. The number of nitrogens with zero attached hydrogens (tertiary/aromatic N) is 5. The molecule has 1 aliphatic carbocycles. The second-order valence-electron chi connectivity index (χ2n) is 6.90. The first-order chi connectivity index (χ1) is 13.9. The Kier molecular flexibility index (Phi) is 4.19. The molecule has 10 heteroatoms. The van der Waals surface area contributed by atoms with Gasteiger partial charge in [-0.1, -0.05) is 6.92 Å². The molecule has 0 aromatic carbocycles. The van der Waals surface area contributed by atoms with E-state index in [0.29, 0.717) is 23.0 Å². The van der Waals surface area contributed by atoms with Gasteiger partial charge < -0.3 is 9.72 Å². The fourth-order valence-electron chi connectivity index (χ4n) is 3.21. The van der Waals surface area contributed by atoms with Crippen molar-refractivity contribution in [2.24, 2.45) is 0 Å². The molecule has 1 fully saturated rings. The molecule has 0 spiro atoms. The summed E-state index contributed by atoms with van der Waals surface area (Å²) in [6.07, 6.45) is 2.22. The quantitative estimate of drug-likeness (QED) is 0.474. The number of fused-ring (bicyclic) bond motifs is 2. The van der Waals surface area contributed by atoms with Crippen LogP contribution in [0.2, 0.25) is 0 Å². The summed E-state index contributed by atoms with van der Waals surface area (Å²) in [5.41, 5.74) is 1.63. The molecule has 4 aromatic rings. The van der Waals surface area contributed by atoms with Crippen molar-refractivity contribution in [3.8, 4) is 11.3 Å². The molecule has 4 aromatic heterocycles. The number of hydrogen-bond donors (Lipinski definition) is 1. The maximum atomic E-state index is 13.1. The molecule has 4 heterocycles. The second-order valence-corrected chi connectivity index (χ2v) is 8.16. The third-order valence-electron chi connectivity index (χ3n) is 4.73. The fourth-order valence-corrected chi connectivity index (χ4v) is 3.97. The molecule has 1 saturated carbocycles. The minimum absolute atomic E-state index is 0.437. The van der Waals surface area contributed by atoms with Crippen molar-refractivity contribution < 1.29 is 13.2 Å². The van der Waals surface area contributed by atoms with Gasteiger partial charge in [0, 0.05) is 24.6 Å². The highest BCUT2D eigenvalue weighted by Crippen LogP contribution is 2.36. The summed E-state index contributed by atoms with van der Waals surface area (Å²) >= 11 is 1.55. The lowest BCUT2D eigenvalue weighted by Gasteiger charge is -2.06. The topological polar surface area (TPSA) is 59.5 Å². The second kappa shape index (κ2) is 6.65. The maximum Gasteiger partial charge on any atom is 0.417 e. The van der Waals surface area contributed by atoms with Crippen molar-refractivity contribution in [3.05, 3.63) is 42.4 Å².